The predicted molar refractivity (Wildman–Crippen MR) is 85.7 cm³/mol. The van der Waals surface area contributed by atoms with Crippen LogP contribution in [0.3, 0.4) is 0 Å². The van der Waals surface area contributed by atoms with E-state index in [0.29, 0.717) is 11.3 Å². The van der Waals surface area contributed by atoms with Gasteiger partial charge in [-0.25, -0.2) is 0 Å². The third kappa shape index (κ3) is 3.90. The van der Waals surface area contributed by atoms with E-state index in [1.807, 2.05) is 37.3 Å². The highest BCUT2D eigenvalue weighted by molar-refractivity contribution is 5.67. The molecule has 0 aliphatic carbocycles. The van der Waals surface area contributed by atoms with Gasteiger partial charge in [0.1, 0.15) is 11.8 Å². The zero-order valence-electron chi connectivity index (χ0n) is 12.3. The van der Waals surface area contributed by atoms with Crippen LogP contribution in [0.5, 0.6) is 5.75 Å². The molecule has 2 aromatic carbocycles. The van der Waals surface area contributed by atoms with Crippen molar-refractivity contribution >= 4 is 17.1 Å². The van der Waals surface area contributed by atoms with E-state index in [1.165, 1.54) is 0 Å². The lowest BCUT2D eigenvalue weighted by molar-refractivity contribution is 0.217. The molecule has 2 aromatic rings. The van der Waals surface area contributed by atoms with Crippen molar-refractivity contribution in [3.8, 4) is 11.8 Å². The van der Waals surface area contributed by atoms with E-state index in [-0.39, 0.29) is 6.10 Å². The van der Waals surface area contributed by atoms with Crippen molar-refractivity contribution in [1.82, 2.24) is 0 Å². The summed E-state index contributed by atoms with van der Waals surface area (Å²) in [5, 5.41) is 12.3. The van der Waals surface area contributed by atoms with Crippen molar-refractivity contribution in [2.75, 3.05) is 11.1 Å². The molecule has 0 aromatic heterocycles. The molecular formula is C17H19N3O. The lowest BCUT2D eigenvalue weighted by atomic mass is 10.1. The average molecular weight is 281 g/mol. The first-order valence-corrected chi connectivity index (χ1v) is 6.95. The Morgan fingerprint density at radius 2 is 2.00 bits per heavy atom. The Morgan fingerprint density at radius 3 is 2.71 bits per heavy atom. The number of nitriles is 1. The normalized spacial score (nSPS) is 11.5. The molecule has 0 spiro atoms. The predicted octanol–water partition coefficient (Wildman–Crippen LogP) is 4.06. The van der Waals surface area contributed by atoms with Crippen molar-refractivity contribution < 1.29 is 4.74 Å². The minimum absolute atomic E-state index is 0.182. The molecule has 0 heterocycles. The summed E-state index contributed by atoms with van der Waals surface area (Å²) in [7, 11) is 0. The molecule has 0 fully saturated rings. The van der Waals surface area contributed by atoms with Gasteiger partial charge in [-0.1, -0.05) is 13.0 Å². The van der Waals surface area contributed by atoms with E-state index in [0.717, 1.165) is 23.5 Å². The number of nitrogen functional groups attached to an aromatic ring is 1. The second-order valence-corrected chi connectivity index (χ2v) is 4.90. The van der Waals surface area contributed by atoms with Gasteiger partial charge in [0.25, 0.3) is 0 Å². The van der Waals surface area contributed by atoms with Crippen LogP contribution in [-0.2, 0) is 0 Å². The van der Waals surface area contributed by atoms with Crippen LogP contribution in [-0.4, -0.2) is 6.10 Å². The Kier molecular flexibility index (Phi) is 4.68. The Bertz CT molecular complexity index is 661. The van der Waals surface area contributed by atoms with Crippen molar-refractivity contribution in [3.63, 3.8) is 0 Å². The first-order valence-electron chi connectivity index (χ1n) is 6.95. The maximum Gasteiger partial charge on any atom is 0.121 e. The van der Waals surface area contributed by atoms with Gasteiger partial charge in [0.15, 0.2) is 0 Å². The van der Waals surface area contributed by atoms with Crippen LogP contribution in [0.2, 0.25) is 0 Å². The maximum atomic E-state index is 9.00. The van der Waals surface area contributed by atoms with E-state index in [2.05, 4.69) is 18.3 Å². The van der Waals surface area contributed by atoms with E-state index in [9.17, 15) is 0 Å². The van der Waals surface area contributed by atoms with Crippen LogP contribution in [0.15, 0.2) is 42.5 Å². The van der Waals surface area contributed by atoms with Crippen molar-refractivity contribution in [2.24, 2.45) is 0 Å². The molecule has 3 N–H and O–H groups in total. The number of rotatable bonds is 5. The van der Waals surface area contributed by atoms with E-state index < -0.39 is 0 Å². The highest BCUT2D eigenvalue weighted by Crippen LogP contribution is 2.24. The fourth-order valence-corrected chi connectivity index (χ4v) is 1.86. The first kappa shape index (κ1) is 14.7. The number of ether oxygens (including phenoxy) is 1. The number of nitrogens with one attached hydrogen (secondary N) is 1. The van der Waals surface area contributed by atoms with Gasteiger partial charge in [-0.15, -0.1) is 0 Å². The molecule has 0 amide bonds. The summed E-state index contributed by atoms with van der Waals surface area (Å²) in [4.78, 5) is 0. The van der Waals surface area contributed by atoms with Gasteiger partial charge < -0.3 is 15.8 Å². The van der Waals surface area contributed by atoms with Gasteiger partial charge in [-0.05, 0) is 43.7 Å². The summed E-state index contributed by atoms with van der Waals surface area (Å²) < 4.78 is 5.79. The highest BCUT2D eigenvalue weighted by Gasteiger charge is 2.04. The summed E-state index contributed by atoms with van der Waals surface area (Å²) in [5.74, 6) is 0.824. The third-order valence-corrected chi connectivity index (χ3v) is 3.21. The van der Waals surface area contributed by atoms with Gasteiger partial charge in [0.05, 0.1) is 11.7 Å². The standard InChI is InChI=1S/C17H19N3O/c1-3-12(2)21-16-6-4-5-14(10-16)20-15-7-8-17(19)13(9-15)11-18/h4-10,12,20H,3,19H2,1-2H3. The number of benzene rings is 2. The zero-order chi connectivity index (χ0) is 15.2. The van der Waals surface area contributed by atoms with Gasteiger partial charge in [0, 0.05) is 23.1 Å². The molecule has 0 saturated carbocycles. The minimum atomic E-state index is 0.182. The lowest BCUT2D eigenvalue weighted by Gasteiger charge is -2.14. The zero-order valence-corrected chi connectivity index (χ0v) is 12.3. The SMILES string of the molecule is CCC(C)Oc1cccc(Nc2ccc(N)c(C#N)c2)c1. The molecule has 2 rings (SSSR count). The number of anilines is 3. The number of nitrogens with zero attached hydrogens (tertiary/aromatic N) is 1. The largest absolute Gasteiger partial charge is 0.491 e. The van der Waals surface area contributed by atoms with Gasteiger partial charge in [-0.2, -0.15) is 5.26 Å². The topological polar surface area (TPSA) is 71.1 Å². The molecule has 0 aliphatic rings. The molecule has 0 aliphatic heterocycles. The second kappa shape index (κ2) is 6.67. The van der Waals surface area contributed by atoms with Crippen LogP contribution < -0.4 is 15.8 Å². The fraction of sp³-hybridized carbons (Fsp3) is 0.235. The van der Waals surface area contributed by atoms with Crippen LogP contribution >= 0.6 is 0 Å². The first-order chi connectivity index (χ1) is 10.1. The molecule has 0 radical (unpaired) electrons. The second-order valence-electron chi connectivity index (χ2n) is 4.90. The molecule has 0 saturated heterocycles. The van der Waals surface area contributed by atoms with E-state index >= 15 is 0 Å². The van der Waals surface area contributed by atoms with Crippen molar-refractivity contribution in [2.45, 2.75) is 26.4 Å². The molecule has 0 bridgehead atoms. The van der Waals surface area contributed by atoms with Gasteiger partial charge in [0.2, 0.25) is 0 Å². The Hall–Kier alpha value is -2.67. The van der Waals surface area contributed by atoms with Crippen LogP contribution in [0, 0.1) is 11.3 Å². The van der Waals surface area contributed by atoms with Crippen LogP contribution in [0.1, 0.15) is 25.8 Å². The van der Waals surface area contributed by atoms with Crippen molar-refractivity contribution in [3.05, 3.63) is 48.0 Å². The van der Waals surface area contributed by atoms with E-state index in [1.54, 1.807) is 12.1 Å². The summed E-state index contributed by atoms with van der Waals surface area (Å²) in [5.41, 5.74) is 8.39. The van der Waals surface area contributed by atoms with Gasteiger partial charge >= 0.3 is 0 Å². The minimum Gasteiger partial charge on any atom is -0.491 e. The quantitative estimate of drug-likeness (QED) is 0.811. The summed E-state index contributed by atoms with van der Waals surface area (Å²) in [6, 6.07) is 15.1. The fourth-order valence-electron chi connectivity index (χ4n) is 1.86. The Balaban J connectivity index is 2.16. The summed E-state index contributed by atoms with van der Waals surface area (Å²) >= 11 is 0. The molecule has 21 heavy (non-hydrogen) atoms. The molecular weight excluding hydrogens is 262 g/mol. The Labute approximate surface area is 125 Å². The molecule has 1 unspecified atom stereocenters. The smallest absolute Gasteiger partial charge is 0.121 e. The van der Waals surface area contributed by atoms with E-state index in [4.69, 9.17) is 15.7 Å². The monoisotopic (exact) mass is 281 g/mol. The highest BCUT2D eigenvalue weighted by atomic mass is 16.5. The average Bonchev–Trinajstić information content (AvgIpc) is 2.49. The van der Waals surface area contributed by atoms with Crippen LogP contribution in [0.25, 0.3) is 0 Å². The number of hydrogen-bond donors (Lipinski definition) is 2. The number of nitrogens with two attached hydrogens (primary N) is 1. The molecule has 4 nitrogen and oxygen atoms in total. The third-order valence-electron chi connectivity index (χ3n) is 3.21. The summed E-state index contributed by atoms with van der Waals surface area (Å²) in [6.45, 7) is 4.13. The van der Waals surface area contributed by atoms with Gasteiger partial charge in [-0.3, -0.25) is 0 Å². The van der Waals surface area contributed by atoms with Crippen molar-refractivity contribution in [1.29, 1.82) is 5.26 Å². The molecule has 108 valence electrons. The molecule has 1 atom stereocenters. The lowest BCUT2D eigenvalue weighted by Crippen LogP contribution is -2.09. The maximum absolute atomic E-state index is 9.00. The Morgan fingerprint density at radius 1 is 1.24 bits per heavy atom. The molecule has 4 heteroatoms. The number of hydrogen-bond acceptors (Lipinski definition) is 4. The summed E-state index contributed by atoms with van der Waals surface area (Å²) in [6.07, 6.45) is 1.14. The van der Waals surface area contributed by atoms with Crippen LogP contribution in [0.4, 0.5) is 17.1 Å².